The third-order valence-electron chi connectivity index (χ3n) is 2.50. The summed E-state index contributed by atoms with van der Waals surface area (Å²) in [4.78, 5) is 0. The van der Waals surface area contributed by atoms with Crippen molar-refractivity contribution in [2.45, 2.75) is 44.5 Å². The van der Waals surface area contributed by atoms with E-state index in [2.05, 4.69) is 9.05 Å². The molecule has 0 aromatic heterocycles. The van der Waals surface area contributed by atoms with Crippen LogP contribution in [0, 0.1) is 0 Å². The van der Waals surface area contributed by atoms with Crippen molar-refractivity contribution in [1.29, 1.82) is 0 Å². The quantitative estimate of drug-likeness (QED) is 0.411. The van der Waals surface area contributed by atoms with Crippen molar-refractivity contribution in [2.24, 2.45) is 0 Å². The Hall–Kier alpha value is -0.410. The van der Waals surface area contributed by atoms with Gasteiger partial charge in [0.25, 0.3) is 0 Å². The molecule has 0 spiro atoms. The highest BCUT2D eigenvalue weighted by atomic mass is 31.2. The molecule has 22 heavy (non-hydrogen) atoms. The molecule has 0 bridgehead atoms. The smallest absolute Gasteiger partial charge is 0.309 e. The van der Waals surface area contributed by atoms with Crippen LogP contribution in [0.4, 0.5) is 35.1 Å². The highest BCUT2D eigenvalue weighted by Crippen LogP contribution is 2.54. The van der Waals surface area contributed by atoms with Crippen LogP contribution in [0.3, 0.4) is 0 Å². The Kier molecular flexibility index (Phi) is 7.30. The normalized spacial score (nSPS) is 14.7. The Morgan fingerprint density at radius 2 is 1.36 bits per heavy atom. The third kappa shape index (κ3) is 4.55. The minimum Gasteiger partial charge on any atom is -0.309 e. The van der Waals surface area contributed by atoms with Crippen molar-refractivity contribution in [1.82, 2.24) is 0 Å². The summed E-state index contributed by atoms with van der Waals surface area (Å²) in [5.74, 6) is -18.1. The van der Waals surface area contributed by atoms with Crippen LogP contribution in [0.1, 0.15) is 20.3 Å². The lowest BCUT2D eigenvalue weighted by molar-refractivity contribution is -0.338. The summed E-state index contributed by atoms with van der Waals surface area (Å²) in [5, 5.41) is 0. The molecule has 0 aliphatic heterocycles. The first-order valence-corrected chi connectivity index (χ1v) is 7.80. The van der Waals surface area contributed by atoms with Gasteiger partial charge in [-0.15, -0.1) is 0 Å². The van der Waals surface area contributed by atoms with Gasteiger partial charge in [0.1, 0.15) is 0 Å². The Morgan fingerprint density at radius 1 is 0.955 bits per heavy atom. The third-order valence-corrected chi connectivity index (χ3v) is 4.58. The van der Waals surface area contributed by atoms with Crippen LogP contribution in [0.5, 0.6) is 0 Å². The maximum absolute atomic E-state index is 13.3. The van der Waals surface area contributed by atoms with E-state index in [0.717, 1.165) is 0 Å². The topological polar surface area (TPSA) is 35.5 Å². The van der Waals surface area contributed by atoms with Gasteiger partial charge in [0.05, 0.1) is 19.4 Å². The molecule has 0 aliphatic carbocycles. The fraction of sp³-hybridized carbons (Fsp3) is 1.00. The zero-order valence-electron chi connectivity index (χ0n) is 11.6. The minimum atomic E-state index is -6.32. The van der Waals surface area contributed by atoms with Gasteiger partial charge in [-0.05, 0) is 13.8 Å². The van der Waals surface area contributed by atoms with E-state index in [0.29, 0.717) is 0 Å². The van der Waals surface area contributed by atoms with Gasteiger partial charge in [-0.25, -0.2) is 8.78 Å². The molecule has 0 atom stereocenters. The lowest BCUT2D eigenvalue weighted by Gasteiger charge is -2.32. The van der Waals surface area contributed by atoms with E-state index < -0.39 is 44.4 Å². The molecular formula is C10H15F8O3P. The standard InChI is InChI=1S/C10H15F8O3P/c1-3-20-22(19,21-4-2)6-5-8(13,14)10(17,18)9(15,16)7(11)12/h7H,3-6H2,1-2H3. The molecule has 0 aliphatic rings. The Labute approximate surface area is 121 Å². The molecule has 12 heteroatoms. The highest BCUT2D eigenvalue weighted by Gasteiger charge is 2.75. The van der Waals surface area contributed by atoms with Gasteiger partial charge in [-0.3, -0.25) is 4.57 Å². The fourth-order valence-corrected chi connectivity index (χ4v) is 3.05. The second-order valence-corrected chi connectivity index (χ2v) is 6.31. The van der Waals surface area contributed by atoms with Crippen LogP contribution in [0.25, 0.3) is 0 Å². The predicted molar refractivity (Wildman–Crippen MR) is 61.2 cm³/mol. The van der Waals surface area contributed by atoms with Gasteiger partial charge < -0.3 is 9.05 Å². The number of hydrogen-bond donors (Lipinski definition) is 0. The van der Waals surface area contributed by atoms with Crippen LogP contribution >= 0.6 is 7.60 Å². The van der Waals surface area contributed by atoms with E-state index in [9.17, 15) is 39.7 Å². The van der Waals surface area contributed by atoms with Crippen LogP contribution < -0.4 is 0 Å². The number of rotatable bonds is 10. The molecule has 134 valence electrons. The molecule has 0 saturated heterocycles. The monoisotopic (exact) mass is 366 g/mol. The van der Waals surface area contributed by atoms with E-state index in [4.69, 9.17) is 0 Å². The molecule has 0 heterocycles. The Bertz CT molecular complexity index is 392. The first-order valence-electron chi connectivity index (χ1n) is 6.07. The van der Waals surface area contributed by atoms with Crippen LogP contribution in [0.2, 0.25) is 0 Å². The summed E-state index contributed by atoms with van der Waals surface area (Å²) < 4.78 is 122. The predicted octanol–water partition coefficient (Wildman–Crippen LogP) is 4.81. The minimum absolute atomic E-state index is 0.271. The number of alkyl halides is 8. The lowest BCUT2D eigenvalue weighted by Crippen LogP contribution is -2.57. The van der Waals surface area contributed by atoms with Crippen molar-refractivity contribution in [3.05, 3.63) is 0 Å². The molecule has 0 N–H and O–H groups in total. The van der Waals surface area contributed by atoms with E-state index in [1.165, 1.54) is 13.8 Å². The van der Waals surface area contributed by atoms with Gasteiger partial charge >= 0.3 is 31.8 Å². The molecule has 0 saturated carbocycles. The van der Waals surface area contributed by atoms with Crippen molar-refractivity contribution in [3.63, 3.8) is 0 Å². The molecule has 3 nitrogen and oxygen atoms in total. The maximum Gasteiger partial charge on any atom is 0.377 e. The summed E-state index contributed by atoms with van der Waals surface area (Å²) in [6.45, 7) is 2.07. The van der Waals surface area contributed by atoms with E-state index in [1.54, 1.807) is 0 Å². The SMILES string of the molecule is CCOP(=O)(CCC(F)(F)C(F)(F)C(F)(F)C(F)F)OCC. The summed E-state index contributed by atoms with van der Waals surface area (Å²) in [7, 11) is -4.21. The van der Waals surface area contributed by atoms with Crippen LogP contribution in [0.15, 0.2) is 0 Å². The van der Waals surface area contributed by atoms with Gasteiger partial charge in [0.15, 0.2) is 0 Å². The lowest BCUT2D eigenvalue weighted by atomic mass is 10.0. The summed E-state index contributed by atoms with van der Waals surface area (Å²) in [5.41, 5.74) is 0. The molecule has 0 aromatic carbocycles. The largest absolute Gasteiger partial charge is 0.377 e. The van der Waals surface area contributed by atoms with E-state index >= 15 is 0 Å². The molecule has 0 radical (unpaired) electrons. The van der Waals surface area contributed by atoms with Gasteiger partial charge in [0.2, 0.25) is 0 Å². The molecular weight excluding hydrogens is 351 g/mol. The van der Waals surface area contributed by atoms with E-state index in [1.807, 2.05) is 0 Å². The number of halogens is 8. The first kappa shape index (κ1) is 21.6. The van der Waals surface area contributed by atoms with Gasteiger partial charge in [0, 0.05) is 6.42 Å². The Morgan fingerprint density at radius 3 is 1.68 bits per heavy atom. The first-order chi connectivity index (χ1) is 9.77. The van der Waals surface area contributed by atoms with E-state index in [-0.39, 0.29) is 13.2 Å². The Balaban J connectivity index is 5.21. The molecule has 0 fully saturated rings. The van der Waals surface area contributed by atoms with Crippen LogP contribution in [-0.2, 0) is 13.6 Å². The summed E-state index contributed by atoms with van der Waals surface area (Å²) in [6.07, 6.45) is -8.38. The fourth-order valence-electron chi connectivity index (χ4n) is 1.37. The van der Waals surface area contributed by atoms with Crippen LogP contribution in [-0.4, -0.2) is 43.6 Å². The average Bonchev–Trinajstić information content (AvgIpc) is 2.36. The molecule has 0 unspecified atom stereocenters. The molecule has 0 aromatic rings. The average molecular weight is 366 g/mol. The van der Waals surface area contributed by atoms with Crippen molar-refractivity contribution >= 4 is 7.60 Å². The van der Waals surface area contributed by atoms with Gasteiger partial charge in [-0.1, -0.05) is 0 Å². The number of hydrogen-bond acceptors (Lipinski definition) is 3. The maximum atomic E-state index is 13.3. The van der Waals surface area contributed by atoms with Crippen molar-refractivity contribution < 1.29 is 48.7 Å². The van der Waals surface area contributed by atoms with Crippen molar-refractivity contribution in [3.8, 4) is 0 Å². The molecule has 0 amide bonds. The molecule has 0 rings (SSSR count). The second-order valence-electron chi connectivity index (χ2n) is 4.12. The summed E-state index contributed by atoms with van der Waals surface area (Å²) >= 11 is 0. The van der Waals surface area contributed by atoms with Crippen molar-refractivity contribution in [2.75, 3.05) is 19.4 Å². The zero-order chi connectivity index (χ0) is 17.8. The highest BCUT2D eigenvalue weighted by molar-refractivity contribution is 7.53. The second kappa shape index (κ2) is 7.44. The van der Waals surface area contributed by atoms with Gasteiger partial charge in [-0.2, -0.15) is 26.3 Å². The zero-order valence-corrected chi connectivity index (χ0v) is 12.5. The summed E-state index contributed by atoms with van der Waals surface area (Å²) in [6, 6.07) is 0.